The molecule has 1 aliphatic carbocycles. The van der Waals surface area contributed by atoms with Crippen LogP contribution in [0.5, 0.6) is 0 Å². The van der Waals surface area contributed by atoms with Crippen molar-refractivity contribution >= 4 is 27.5 Å². The number of piperazine rings is 1. The van der Waals surface area contributed by atoms with Gasteiger partial charge in [0.1, 0.15) is 0 Å². The fourth-order valence-electron chi connectivity index (χ4n) is 2.82. The predicted molar refractivity (Wildman–Crippen MR) is 88.0 cm³/mol. The van der Waals surface area contributed by atoms with Gasteiger partial charge in [-0.15, -0.1) is 0 Å². The van der Waals surface area contributed by atoms with E-state index in [1.165, 1.54) is 25.1 Å². The Labute approximate surface area is 133 Å². The molecule has 1 saturated carbocycles. The van der Waals surface area contributed by atoms with E-state index in [1.54, 1.807) is 0 Å². The number of anilines is 1. The molecule has 0 bridgehead atoms. The Hall–Kier alpha value is -1.27. The maximum atomic E-state index is 8.76. The van der Waals surface area contributed by atoms with Crippen molar-refractivity contribution in [1.29, 1.82) is 0 Å². The summed E-state index contributed by atoms with van der Waals surface area (Å²) in [4.78, 5) is 4.97. The van der Waals surface area contributed by atoms with E-state index < -0.39 is 0 Å². The molecule has 3 rings (SSSR count). The SMILES string of the molecule is N/C(=N/O)c1ccc(N2CCN(CC3CC3)CC2)cc1Br. The van der Waals surface area contributed by atoms with Crippen LogP contribution in [0.2, 0.25) is 0 Å². The third-order valence-electron chi connectivity index (χ3n) is 4.29. The summed E-state index contributed by atoms with van der Waals surface area (Å²) in [6, 6.07) is 5.98. The summed E-state index contributed by atoms with van der Waals surface area (Å²) in [5, 5.41) is 11.8. The Kier molecular flexibility index (Phi) is 4.35. The van der Waals surface area contributed by atoms with Gasteiger partial charge in [-0.1, -0.05) is 5.16 Å². The first-order valence-corrected chi connectivity index (χ1v) is 8.21. The van der Waals surface area contributed by atoms with Gasteiger partial charge in [-0.2, -0.15) is 0 Å². The highest BCUT2D eigenvalue weighted by molar-refractivity contribution is 9.10. The van der Waals surface area contributed by atoms with Crippen molar-refractivity contribution in [2.75, 3.05) is 37.6 Å². The van der Waals surface area contributed by atoms with Gasteiger partial charge in [0, 0.05) is 48.4 Å². The maximum absolute atomic E-state index is 8.76. The van der Waals surface area contributed by atoms with Gasteiger partial charge in [-0.05, 0) is 52.9 Å². The summed E-state index contributed by atoms with van der Waals surface area (Å²) in [5.74, 6) is 1.09. The zero-order valence-corrected chi connectivity index (χ0v) is 13.6. The topological polar surface area (TPSA) is 65.1 Å². The molecule has 6 heteroatoms. The third kappa shape index (κ3) is 3.49. The van der Waals surface area contributed by atoms with Crippen LogP contribution in [0.25, 0.3) is 0 Å². The van der Waals surface area contributed by atoms with Crippen molar-refractivity contribution in [3.05, 3.63) is 28.2 Å². The van der Waals surface area contributed by atoms with Crippen LogP contribution in [0.1, 0.15) is 18.4 Å². The average Bonchev–Trinajstić information content (AvgIpc) is 3.31. The van der Waals surface area contributed by atoms with Crippen LogP contribution in [0.4, 0.5) is 5.69 Å². The monoisotopic (exact) mass is 352 g/mol. The number of benzene rings is 1. The lowest BCUT2D eigenvalue weighted by Crippen LogP contribution is -2.47. The molecule has 0 aromatic heterocycles. The quantitative estimate of drug-likeness (QED) is 0.377. The summed E-state index contributed by atoms with van der Waals surface area (Å²) in [6.45, 7) is 5.66. The van der Waals surface area contributed by atoms with E-state index in [0.29, 0.717) is 5.56 Å². The molecule has 0 unspecified atom stereocenters. The number of halogens is 1. The van der Waals surface area contributed by atoms with Crippen LogP contribution in [0.15, 0.2) is 27.8 Å². The molecule has 0 amide bonds. The fraction of sp³-hybridized carbons (Fsp3) is 0.533. The minimum Gasteiger partial charge on any atom is -0.409 e. The summed E-state index contributed by atoms with van der Waals surface area (Å²) in [5.41, 5.74) is 7.54. The van der Waals surface area contributed by atoms with Crippen LogP contribution >= 0.6 is 15.9 Å². The van der Waals surface area contributed by atoms with E-state index in [0.717, 1.165) is 36.6 Å². The van der Waals surface area contributed by atoms with Gasteiger partial charge in [0.2, 0.25) is 0 Å². The first-order valence-electron chi connectivity index (χ1n) is 7.42. The summed E-state index contributed by atoms with van der Waals surface area (Å²) >= 11 is 3.50. The van der Waals surface area contributed by atoms with Crippen LogP contribution < -0.4 is 10.6 Å². The van der Waals surface area contributed by atoms with E-state index in [-0.39, 0.29) is 5.84 Å². The second-order valence-corrected chi connectivity index (χ2v) is 6.73. The maximum Gasteiger partial charge on any atom is 0.171 e. The van der Waals surface area contributed by atoms with Gasteiger partial charge >= 0.3 is 0 Å². The Bertz CT molecular complexity index is 536. The molecule has 1 heterocycles. The smallest absolute Gasteiger partial charge is 0.171 e. The highest BCUT2D eigenvalue weighted by Gasteiger charge is 2.26. The molecular formula is C15H21BrN4O. The number of oxime groups is 1. The highest BCUT2D eigenvalue weighted by Crippen LogP contribution is 2.30. The van der Waals surface area contributed by atoms with Gasteiger partial charge in [0.25, 0.3) is 0 Å². The van der Waals surface area contributed by atoms with E-state index in [9.17, 15) is 0 Å². The molecule has 0 radical (unpaired) electrons. The largest absolute Gasteiger partial charge is 0.409 e. The average molecular weight is 353 g/mol. The van der Waals surface area contributed by atoms with Gasteiger partial charge in [-0.3, -0.25) is 4.90 Å². The predicted octanol–water partition coefficient (Wildman–Crippen LogP) is 2.08. The molecule has 0 spiro atoms. The minimum atomic E-state index is 0.127. The standard InChI is InChI=1S/C15H21BrN4O/c16-14-9-12(3-4-13(14)15(17)18-21)20-7-5-19(6-8-20)10-11-1-2-11/h3-4,9,11,21H,1-2,5-8,10H2,(H2,17,18). The zero-order chi connectivity index (χ0) is 14.8. The molecule has 0 atom stereocenters. The number of hydrogen-bond donors (Lipinski definition) is 2. The lowest BCUT2D eigenvalue weighted by molar-refractivity contribution is 0.248. The number of rotatable bonds is 4. The van der Waals surface area contributed by atoms with Crippen LogP contribution in [-0.2, 0) is 0 Å². The zero-order valence-electron chi connectivity index (χ0n) is 12.0. The van der Waals surface area contributed by atoms with Crippen LogP contribution in [0.3, 0.4) is 0 Å². The fourth-order valence-corrected chi connectivity index (χ4v) is 3.39. The molecule has 2 fully saturated rings. The lowest BCUT2D eigenvalue weighted by Gasteiger charge is -2.36. The first-order chi connectivity index (χ1) is 10.2. The Morgan fingerprint density at radius 1 is 1.29 bits per heavy atom. The molecule has 1 aromatic rings. The lowest BCUT2D eigenvalue weighted by atomic mass is 10.1. The number of amidine groups is 1. The number of hydrogen-bond acceptors (Lipinski definition) is 4. The van der Waals surface area contributed by atoms with Crippen LogP contribution in [0, 0.1) is 5.92 Å². The van der Waals surface area contributed by atoms with Crippen molar-refractivity contribution in [3.63, 3.8) is 0 Å². The number of nitrogens with two attached hydrogens (primary N) is 1. The van der Waals surface area contributed by atoms with E-state index in [4.69, 9.17) is 10.9 Å². The molecule has 3 N–H and O–H groups in total. The molecule has 1 aromatic carbocycles. The van der Waals surface area contributed by atoms with E-state index >= 15 is 0 Å². The number of nitrogens with zero attached hydrogens (tertiary/aromatic N) is 3. The minimum absolute atomic E-state index is 0.127. The molecule has 1 saturated heterocycles. The third-order valence-corrected chi connectivity index (χ3v) is 4.94. The van der Waals surface area contributed by atoms with Crippen molar-refractivity contribution in [3.8, 4) is 0 Å². The van der Waals surface area contributed by atoms with Crippen molar-refractivity contribution in [2.24, 2.45) is 16.8 Å². The summed E-state index contributed by atoms with van der Waals surface area (Å²) in [6.07, 6.45) is 2.84. The molecule has 2 aliphatic rings. The summed E-state index contributed by atoms with van der Waals surface area (Å²) in [7, 11) is 0. The Balaban J connectivity index is 1.63. The molecule has 114 valence electrons. The van der Waals surface area contributed by atoms with E-state index in [2.05, 4.69) is 30.9 Å². The van der Waals surface area contributed by atoms with E-state index in [1.807, 2.05) is 18.2 Å². The summed E-state index contributed by atoms with van der Waals surface area (Å²) < 4.78 is 0.857. The Morgan fingerprint density at radius 2 is 2.00 bits per heavy atom. The van der Waals surface area contributed by atoms with Gasteiger partial charge in [-0.25, -0.2) is 0 Å². The molecule has 5 nitrogen and oxygen atoms in total. The normalized spacial score (nSPS) is 20.8. The van der Waals surface area contributed by atoms with Gasteiger partial charge in [0.15, 0.2) is 5.84 Å². The first kappa shape index (κ1) is 14.7. The van der Waals surface area contributed by atoms with Crippen LogP contribution in [-0.4, -0.2) is 48.7 Å². The van der Waals surface area contributed by atoms with Crippen molar-refractivity contribution < 1.29 is 5.21 Å². The molecule has 1 aliphatic heterocycles. The molecule has 21 heavy (non-hydrogen) atoms. The highest BCUT2D eigenvalue weighted by atomic mass is 79.9. The van der Waals surface area contributed by atoms with Crippen molar-refractivity contribution in [2.45, 2.75) is 12.8 Å². The van der Waals surface area contributed by atoms with Gasteiger partial charge in [0.05, 0.1) is 0 Å². The van der Waals surface area contributed by atoms with Gasteiger partial charge < -0.3 is 15.8 Å². The Morgan fingerprint density at radius 3 is 2.57 bits per heavy atom. The molecular weight excluding hydrogens is 332 g/mol. The second kappa shape index (κ2) is 6.23. The van der Waals surface area contributed by atoms with Crippen molar-refractivity contribution in [1.82, 2.24) is 4.90 Å². The second-order valence-electron chi connectivity index (χ2n) is 5.88.